The van der Waals surface area contributed by atoms with Crippen molar-refractivity contribution in [3.8, 4) is 17.9 Å². The van der Waals surface area contributed by atoms with Crippen LogP contribution in [0.2, 0.25) is 0 Å². The lowest BCUT2D eigenvalue weighted by Crippen LogP contribution is -2.44. The van der Waals surface area contributed by atoms with Crippen LogP contribution in [0.4, 0.5) is 19.1 Å². The number of nitrogens with zero attached hydrogens (tertiary/aromatic N) is 5. The zero-order valence-corrected chi connectivity index (χ0v) is 19.3. The van der Waals surface area contributed by atoms with Gasteiger partial charge in [0.25, 0.3) is 5.56 Å². The van der Waals surface area contributed by atoms with Gasteiger partial charge < -0.3 is 24.8 Å². The number of hydrogen-bond acceptors (Lipinski definition) is 9. The van der Waals surface area contributed by atoms with Crippen LogP contribution in [0.25, 0.3) is 11.2 Å². The highest BCUT2D eigenvalue weighted by molar-refractivity contribution is 5.75. The SMILES string of the molecule is CC#CCn1c(N2CCNCC2)nc2nc(OCC(=O)OCC)n(C)c(=O)c21.O=C(O)C(F)(F)F. The van der Waals surface area contributed by atoms with Crippen LogP contribution in [0.1, 0.15) is 13.8 Å². The van der Waals surface area contributed by atoms with Gasteiger partial charge in [0.05, 0.1) is 13.2 Å². The molecule has 1 aliphatic rings. The molecular formula is C20H25F3N6O6. The zero-order valence-electron chi connectivity index (χ0n) is 19.3. The standard InChI is InChI=1S/C18H24N6O4.C2HF3O2/c1-4-6-9-24-14-15(20-17(24)23-10-7-19-8-11-23)21-18(22(3)16(14)26)28-12-13(25)27-5-2;3-2(4,5)1(6)7/h19H,5,7-12H2,1-3H3;(H,6,7). The van der Waals surface area contributed by atoms with Crippen molar-refractivity contribution in [2.45, 2.75) is 26.6 Å². The van der Waals surface area contributed by atoms with E-state index in [1.54, 1.807) is 25.5 Å². The third kappa shape index (κ3) is 7.09. The van der Waals surface area contributed by atoms with Crippen LogP contribution in [0.5, 0.6) is 6.01 Å². The summed E-state index contributed by atoms with van der Waals surface area (Å²) in [6.07, 6.45) is -5.08. The second-order valence-electron chi connectivity index (χ2n) is 6.99. The molecule has 2 N–H and O–H groups in total. The van der Waals surface area contributed by atoms with Gasteiger partial charge in [0.1, 0.15) is 0 Å². The summed E-state index contributed by atoms with van der Waals surface area (Å²) in [7, 11) is 1.54. The maximum absolute atomic E-state index is 13.0. The van der Waals surface area contributed by atoms with Gasteiger partial charge in [-0.15, -0.1) is 5.92 Å². The van der Waals surface area contributed by atoms with Crippen LogP contribution in [0.15, 0.2) is 4.79 Å². The predicted molar refractivity (Wildman–Crippen MR) is 117 cm³/mol. The van der Waals surface area contributed by atoms with E-state index in [1.165, 1.54) is 4.57 Å². The number of nitrogens with one attached hydrogen (secondary N) is 1. The van der Waals surface area contributed by atoms with E-state index < -0.39 is 18.1 Å². The fourth-order valence-electron chi connectivity index (χ4n) is 3.00. The van der Waals surface area contributed by atoms with Crippen LogP contribution in [-0.2, 0) is 27.9 Å². The third-order valence-electron chi connectivity index (χ3n) is 4.61. The number of hydrogen-bond donors (Lipinski definition) is 2. The molecule has 3 heterocycles. The summed E-state index contributed by atoms with van der Waals surface area (Å²) in [5.41, 5.74) is 0.325. The van der Waals surface area contributed by atoms with Crippen molar-refractivity contribution < 1.29 is 37.3 Å². The Morgan fingerprint density at radius 1 is 1.23 bits per heavy atom. The molecule has 0 radical (unpaired) electrons. The molecule has 0 amide bonds. The Morgan fingerprint density at radius 3 is 2.40 bits per heavy atom. The van der Waals surface area contributed by atoms with Crippen LogP contribution < -0.4 is 20.5 Å². The van der Waals surface area contributed by atoms with Gasteiger partial charge in [-0.25, -0.2) is 9.59 Å². The molecule has 35 heavy (non-hydrogen) atoms. The Balaban J connectivity index is 0.000000540. The highest BCUT2D eigenvalue weighted by Crippen LogP contribution is 2.21. The normalized spacial score (nSPS) is 13.4. The molecule has 0 aliphatic carbocycles. The first kappa shape index (κ1) is 27.4. The summed E-state index contributed by atoms with van der Waals surface area (Å²) in [4.78, 5) is 44.5. The Labute approximate surface area is 197 Å². The van der Waals surface area contributed by atoms with E-state index >= 15 is 0 Å². The van der Waals surface area contributed by atoms with Gasteiger partial charge in [-0.3, -0.25) is 13.9 Å². The van der Waals surface area contributed by atoms with Gasteiger partial charge in [0.2, 0.25) is 5.95 Å². The fraction of sp³-hybridized carbons (Fsp3) is 0.550. The smallest absolute Gasteiger partial charge is 0.475 e. The molecule has 0 unspecified atom stereocenters. The summed E-state index contributed by atoms with van der Waals surface area (Å²) in [6.45, 7) is 6.95. The van der Waals surface area contributed by atoms with E-state index in [0.29, 0.717) is 18.0 Å². The number of aromatic nitrogens is 4. The first-order valence-electron chi connectivity index (χ1n) is 10.4. The Bertz CT molecular complexity index is 1170. The number of carbonyl (C=O) groups is 2. The number of anilines is 1. The Morgan fingerprint density at radius 2 is 1.86 bits per heavy atom. The van der Waals surface area contributed by atoms with Crippen LogP contribution >= 0.6 is 0 Å². The molecule has 0 saturated carbocycles. The molecule has 1 saturated heterocycles. The average Bonchev–Trinajstić information content (AvgIpc) is 3.18. The quantitative estimate of drug-likeness (QED) is 0.414. The van der Waals surface area contributed by atoms with Crippen molar-refractivity contribution in [3.63, 3.8) is 0 Å². The van der Waals surface area contributed by atoms with Crippen LogP contribution in [0.3, 0.4) is 0 Å². The fourth-order valence-corrected chi connectivity index (χ4v) is 3.00. The van der Waals surface area contributed by atoms with Gasteiger partial charge in [0.15, 0.2) is 17.8 Å². The highest BCUT2D eigenvalue weighted by atomic mass is 19.4. The molecule has 0 aromatic carbocycles. The van der Waals surface area contributed by atoms with E-state index in [9.17, 15) is 22.8 Å². The highest BCUT2D eigenvalue weighted by Gasteiger charge is 2.38. The molecule has 0 spiro atoms. The summed E-state index contributed by atoms with van der Waals surface area (Å²) in [5, 5.41) is 10.4. The van der Waals surface area contributed by atoms with E-state index in [4.69, 9.17) is 19.4 Å². The lowest BCUT2D eigenvalue weighted by atomic mass is 10.4. The van der Waals surface area contributed by atoms with Gasteiger partial charge in [-0.2, -0.15) is 23.1 Å². The molecule has 2 aromatic heterocycles. The number of alkyl halides is 3. The first-order valence-corrected chi connectivity index (χ1v) is 10.4. The molecule has 3 rings (SSSR count). The van der Waals surface area contributed by atoms with Gasteiger partial charge >= 0.3 is 24.1 Å². The Kier molecular flexibility index (Phi) is 9.46. The number of carboxylic acid groups (broad SMARTS) is 1. The number of fused-ring (bicyclic) bond motifs is 1. The van der Waals surface area contributed by atoms with E-state index in [-0.39, 0.29) is 30.4 Å². The average molecular weight is 502 g/mol. The number of carbonyl (C=O) groups excluding carboxylic acids is 1. The van der Waals surface area contributed by atoms with Crippen molar-refractivity contribution in [2.24, 2.45) is 7.05 Å². The van der Waals surface area contributed by atoms with Crippen molar-refractivity contribution in [3.05, 3.63) is 10.4 Å². The number of rotatable bonds is 6. The number of ether oxygens (including phenoxy) is 2. The lowest BCUT2D eigenvalue weighted by molar-refractivity contribution is -0.192. The summed E-state index contributed by atoms with van der Waals surface area (Å²) >= 11 is 0. The van der Waals surface area contributed by atoms with E-state index in [2.05, 4.69) is 32.0 Å². The predicted octanol–water partition coefficient (Wildman–Crippen LogP) is 0.138. The molecule has 1 fully saturated rings. The number of esters is 1. The van der Waals surface area contributed by atoms with Crippen LogP contribution in [-0.4, -0.2) is 81.7 Å². The maximum atomic E-state index is 13.0. The molecule has 1 aliphatic heterocycles. The maximum Gasteiger partial charge on any atom is 0.490 e. The molecule has 15 heteroatoms. The molecule has 12 nitrogen and oxygen atoms in total. The number of imidazole rings is 1. The lowest BCUT2D eigenvalue weighted by Gasteiger charge is -2.28. The third-order valence-corrected chi connectivity index (χ3v) is 4.61. The number of carboxylic acids is 1. The van der Waals surface area contributed by atoms with E-state index in [1.807, 2.05) is 0 Å². The van der Waals surface area contributed by atoms with Gasteiger partial charge in [-0.05, 0) is 13.8 Å². The summed E-state index contributed by atoms with van der Waals surface area (Å²) in [5.74, 6) is 3.23. The largest absolute Gasteiger partial charge is 0.490 e. The first-order chi connectivity index (χ1) is 16.5. The number of piperazine rings is 1. The molecular weight excluding hydrogens is 477 g/mol. The zero-order chi connectivity index (χ0) is 26.2. The van der Waals surface area contributed by atoms with Gasteiger partial charge in [0, 0.05) is 33.2 Å². The van der Waals surface area contributed by atoms with Crippen molar-refractivity contribution in [2.75, 3.05) is 44.3 Å². The minimum atomic E-state index is -5.08. The second-order valence-corrected chi connectivity index (χ2v) is 6.99. The minimum Gasteiger partial charge on any atom is -0.475 e. The number of halogens is 3. The van der Waals surface area contributed by atoms with Gasteiger partial charge in [-0.1, -0.05) is 5.92 Å². The summed E-state index contributed by atoms with van der Waals surface area (Å²) < 4.78 is 45.0. The monoisotopic (exact) mass is 502 g/mol. The number of aliphatic carboxylic acids is 1. The topological polar surface area (TPSA) is 141 Å². The Hall–Kier alpha value is -3.80. The second kappa shape index (κ2) is 12.1. The molecule has 192 valence electrons. The van der Waals surface area contributed by atoms with Crippen molar-refractivity contribution >= 4 is 29.1 Å². The molecule has 0 bridgehead atoms. The van der Waals surface area contributed by atoms with Crippen LogP contribution in [0, 0.1) is 11.8 Å². The minimum absolute atomic E-state index is 0.0173. The van der Waals surface area contributed by atoms with Crippen molar-refractivity contribution in [1.82, 2.24) is 24.4 Å². The summed E-state index contributed by atoms with van der Waals surface area (Å²) in [6, 6.07) is 0.0173. The molecule has 0 atom stereocenters. The molecule has 2 aromatic rings. The van der Waals surface area contributed by atoms with E-state index in [0.717, 1.165) is 26.2 Å². The van der Waals surface area contributed by atoms with Crippen molar-refractivity contribution in [1.29, 1.82) is 0 Å².